The van der Waals surface area contributed by atoms with Crippen molar-refractivity contribution in [1.82, 2.24) is 0 Å². The van der Waals surface area contributed by atoms with Crippen LogP contribution < -0.4 is 4.90 Å². The SMILES string of the molecule is CC[C@H](C)c1ccc(N2CCC(C(OC)OC)CC2)cc1. The summed E-state index contributed by atoms with van der Waals surface area (Å²) in [6.07, 6.45) is 3.39. The molecule has 3 nitrogen and oxygen atoms in total. The van der Waals surface area contributed by atoms with E-state index in [4.69, 9.17) is 9.47 Å². The van der Waals surface area contributed by atoms with Crippen LogP contribution in [0, 0.1) is 5.92 Å². The van der Waals surface area contributed by atoms with Crippen molar-refractivity contribution < 1.29 is 9.47 Å². The molecule has 0 amide bonds. The molecule has 0 aromatic heterocycles. The number of benzene rings is 1. The minimum atomic E-state index is -0.0556. The van der Waals surface area contributed by atoms with Gasteiger partial charge in [-0.1, -0.05) is 26.0 Å². The van der Waals surface area contributed by atoms with Crippen molar-refractivity contribution >= 4 is 5.69 Å². The normalized spacial score (nSPS) is 18.2. The van der Waals surface area contributed by atoms with E-state index in [-0.39, 0.29) is 6.29 Å². The van der Waals surface area contributed by atoms with Gasteiger partial charge >= 0.3 is 0 Å². The number of piperidine rings is 1. The molecule has 1 aromatic rings. The summed E-state index contributed by atoms with van der Waals surface area (Å²) in [5, 5.41) is 0. The van der Waals surface area contributed by atoms with E-state index in [1.54, 1.807) is 14.2 Å². The molecule has 1 aliphatic rings. The second-order valence-electron chi connectivity index (χ2n) is 6.07. The Morgan fingerprint density at radius 3 is 2.14 bits per heavy atom. The molecule has 1 saturated heterocycles. The lowest BCUT2D eigenvalue weighted by Crippen LogP contribution is -2.39. The first-order valence-electron chi connectivity index (χ1n) is 8.10. The average Bonchev–Trinajstić information content (AvgIpc) is 2.56. The number of methoxy groups -OCH3 is 2. The van der Waals surface area contributed by atoms with Crippen LogP contribution in [0.4, 0.5) is 5.69 Å². The summed E-state index contributed by atoms with van der Waals surface area (Å²) in [7, 11) is 3.46. The minimum absolute atomic E-state index is 0.0556. The van der Waals surface area contributed by atoms with Crippen molar-refractivity contribution in [2.75, 3.05) is 32.2 Å². The molecule has 0 bridgehead atoms. The van der Waals surface area contributed by atoms with Gasteiger partial charge in [-0.3, -0.25) is 0 Å². The van der Waals surface area contributed by atoms with Gasteiger partial charge in [0, 0.05) is 38.9 Å². The highest BCUT2D eigenvalue weighted by atomic mass is 16.7. The molecule has 0 aliphatic carbocycles. The van der Waals surface area contributed by atoms with Gasteiger partial charge in [0.25, 0.3) is 0 Å². The zero-order valence-electron chi connectivity index (χ0n) is 13.8. The molecule has 0 radical (unpaired) electrons. The Bertz CT molecular complexity index is 406. The van der Waals surface area contributed by atoms with Crippen LogP contribution in [-0.4, -0.2) is 33.6 Å². The Labute approximate surface area is 129 Å². The molecule has 1 aromatic carbocycles. The Morgan fingerprint density at radius 2 is 1.67 bits per heavy atom. The maximum atomic E-state index is 5.39. The molecule has 1 fully saturated rings. The number of rotatable bonds is 6. The maximum Gasteiger partial charge on any atom is 0.159 e. The summed E-state index contributed by atoms with van der Waals surface area (Å²) in [5.74, 6) is 1.16. The third-order valence-corrected chi connectivity index (χ3v) is 4.83. The van der Waals surface area contributed by atoms with Crippen LogP contribution in [-0.2, 0) is 9.47 Å². The quantitative estimate of drug-likeness (QED) is 0.738. The van der Waals surface area contributed by atoms with Crippen LogP contribution in [0.3, 0.4) is 0 Å². The Hall–Kier alpha value is -1.06. The third-order valence-electron chi connectivity index (χ3n) is 4.83. The molecule has 1 atom stereocenters. The van der Waals surface area contributed by atoms with E-state index in [1.165, 1.54) is 17.7 Å². The van der Waals surface area contributed by atoms with Crippen molar-refractivity contribution in [2.24, 2.45) is 5.92 Å². The summed E-state index contributed by atoms with van der Waals surface area (Å²) in [4.78, 5) is 2.47. The number of hydrogen-bond donors (Lipinski definition) is 0. The highest BCUT2D eigenvalue weighted by Gasteiger charge is 2.26. The standard InChI is InChI=1S/C18H29NO2/c1-5-14(2)15-6-8-17(9-7-15)19-12-10-16(11-13-19)18(20-3)21-4/h6-9,14,16,18H,5,10-13H2,1-4H3/t14-/m0/s1. The van der Waals surface area contributed by atoms with Crippen molar-refractivity contribution in [3.63, 3.8) is 0 Å². The highest BCUT2D eigenvalue weighted by Crippen LogP contribution is 2.28. The maximum absolute atomic E-state index is 5.39. The first-order valence-corrected chi connectivity index (χ1v) is 8.10. The summed E-state index contributed by atoms with van der Waals surface area (Å²) in [6.45, 7) is 6.69. The fourth-order valence-corrected chi connectivity index (χ4v) is 3.16. The molecule has 0 N–H and O–H groups in total. The van der Waals surface area contributed by atoms with Crippen LogP contribution in [0.2, 0.25) is 0 Å². The molecule has 1 aliphatic heterocycles. The zero-order valence-corrected chi connectivity index (χ0v) is 13.8. The molecule has 2 rings (SSSR count). The van der Waals surface area contributed by atoms with E-state index in [0.717, 1.165) is 25.9 Å². The summed E-state index contributed by atoms with van der Waals surface area (Å²) in [6, 6.07) is 9.10. The van der Waals surface area contributed by atoms with E-state index in [0.29, 0.717) is 11.8 Å². The molecule has 0 unspecified atom stereocenters. The first-order chi connectivity index (χ1) is 10.2. The van der Waals surface area contributed by atoms with Gasteiger partial charge in [-0.25, -0.2) is 0 Å². The molecule has 0 saturated carbocycles. The fourth-order valence-electron chi connectivity index (χ4n) is 3.16. The van der Waals surface area contributed by atoms with E-state index >= 15 is 0 Å². The fraction of sp³-hybridized carbons (Fsp3) is 0.667. The third kappa shape index (κ3) is 3.98. The van der Waals surface area contributed by atoms with Gasteiger partial charge in [0.2, 0.25) is 0 Å². The van der Waals surface area contributed by atoms with Gasteiger partial charge in [0.1, 0.15) is 0 Å². The number of ether oxygens (including phenoxy) is 2. The van der Waals surface area contributed by atoms with E-state index in [1.807, 2.05) is 0 Å². The number of anilines is 1. The molecular weight excluding hydrogens is 262 g/mol. The molecule has 1 heterocycles. The summed E-state index contributed by atoms with van der Waals surface area (Å²) in [5.41, 5.74) is 2.78. The predicted molar refractivity (Wildman–Crippen MR) is 87.9 cm³/mol. The second kappa shape index (κ2) is 7.81. The van der Waals surface area contributed by atoms with Crippen molar-refractivity contribution in [2.45, 2.75) is 45.3 Å². The van der Waals surface area contributed by atoms with Crippen molar-refractivity contribution in [3.8, 4) is 0 Å². The van der Waals surface area contributed by atoms with Gasteiger partial charge in [0.15, 0.2) is 6.29 Å². The van der Waals surface area contributed by atoms with Crippen LogP contribution >= 0.6 is 0 Å². The summed E-state index contributed by atoms with van der Waals surface area (Å²) >= 11 is 0. The van der Waals surface area contributed by atoms with Crippen LogP contribution in [0.1, 0.15) is 44.6 Å². The smallest absolute Gasteiger partial charge is 0.159 e. The van der Waals surface area contributed by atoms with Gasteiger partial charge in [-0.15, -0.1) is 0 Å². The minimum Gasteiger partial charge on any atom is -0.372 e. The van der Waals surface area contributed by atoms with Gasteiger partial charge in [-0.05, 0) is 42.9 Å². The Morgan fingerprint density at radius 1 is 1.10 bits per heavy atom. The predicted octanol–water partition coefficient (Wildman–Crippen LogP) is 4.04. The molecule has 0 spiro atoms. The lowest BCUT2D eigenvalue weighted by Gasteiger charge is -2.36. The molecular formula is C18H29NO2. The average molecular weight is 291 g/mol. The molecule has 118 valence electrons. The van der Waals surface area contributed by atoms with Crippen molar-refractivity contribution in [3.05, 3.63) is 29.8 Å². The van der Waals surface area contributed by atoms with Gasteiger partial charge in [-0.2, -0.15) is 0 Å². The Kier molecular flexibility index (Phi) is 6.07. The monoisotopic (exact) mass is 291 g/mol. The van der Waals surface area contributed by atoms with E-state index < -0.39 is 0 Å². The Balaban J connectivity index is 1.93. The van der Waals surface area contributed by atoms with E-state index in [9.17, 15) is 0 Å². The van der Waals surface area contributed by atoms with Gasteiger partial charge < -0.3 is 14.4 Å². The largest absolute Gasteiger partial charge is 0.372 e. The van der Waals surface area contributed by atoms with Crippen LogP contribution in [0.15, 0.2) is 24.3 Å². The summed E-state index contributed by atoms with van der Waals surface area (Å²) < 4.78 is 10.8. The van der Waals surface area contributed by atoms with Crippen molar-refractivity contribution in [1.29, 1.82) is 0 Å². The van der Waals surface area contributed by atoms with E-state index in [2.05, 4.69) is 43.0 Å². The first kappa shape index (κ1) is 16.3. The second-order valence-corrected chi connectivity index (χ2v) is 6.07. The van der Waals surface area contributed by atoms with Gasteiger partial charge in [0.05, 0.1) is 0 Å². The zero-order chi connectivity index (χ0) is 15.2. The number of nitrogens with zero attached hydrogens (tertiary/aromatic N) is 1. The lowest BCUT2D eigenvalue weighted by molar-refractivity contribution is -0.141. The van der Waals surface area contributed by atoms with Crippen LogP contribution in [0.5, 0.6) is 0 Å². The lowest BCUT2D eigenvalue weighted by atomic mass is 9.95. The molecule has 3 heteroatoms. The number of hydrogen-bond acceptors (Lipinski definition) is 3. The van der Waals surface area contributed by atoms with Crippen LogP contribution in [0.25, 0.3) is 0 Å². The molecule has 21 heavy (non-hydrogen) atoms. The highest BCUT2D eigenvalue weighted by molar-refractivity contribution is 5.48. The topological polar surface area (TPSA) is 21.7 Å².